The summed E-state index contributed by atoms with van der Waals surface area (Å²) in [6.07, 6.45) is 5.27. The second-order valence-electron chi connectivity index (χ2n) is 6.39. The summed E-state index contributed by atoms with van der Waals surface area (Å²) >= 11 is 0. The first-order valence-electron chi connectivity index (χ1n) is 7.95. The van der Waals surface area contributed by atoms with E-state index in [1.807, 2.05) is 12.1 Å². The van der Waals surface area contributed by atoms with Crippen LogP contribution >= 0.6 is 12.4 Å². The minimum atomic E-state index is -0.129. The molecule has 3 rings (SSSR count). The van der Waals surface area contributed by atoms with E-state index < -0.39 is 0 Å². The summed E-state index contributed by atoms with van der Waals surface area (Å²) in [4.78, 5) is 2.48. The number of benzene rings is 1. The predicted molar refractivity (Wildman–Crippen MR) is 87.4 cm³/mol. The number of nitrogens with one attached hydrogen (secondary N) is 1. The molecule has 1 saturated carbocycles. The van der Waals surface area contributed by atoms with Gasteiger partial charge >= 0.3 is 0 Å². The highest BCUT2D eigenvalue weighted by molar-refractivity contribution is 5.85. The van der Waals surface area contributed by atoms with Gasteiger partial charge in [-0.2, -0.15) is 0 Å². The van der Waals surface area contributed by atoms with Crippen molar-refractivity contribution in [1.82, 2.24) is 10.2 Å². The fourth-order valence-electron chi connectivity index (χ4n) is 3.12. The molecule has 1 saturated heterocycles. The lowest BCUT2D eigenvalue weighted by Gasteiger charge is -2.36. The van der Waals surface area contributed by atoms with Crippen molar-refractivity contribution in [3.05, 3.63) is 35.6 Å². The van der Waals surface area contributed by atoms with Gasteiger partial charge in [0.2, 0.25) is 0 Å². The van der Waals surface area contributed by atoms with Gasteiger partial charge in [0.15, 0.2) is 0 Å². The smallest absolute Gasteiger partial charge is 0.123 e. The van der Waals surface area contributed by atoms with Gasteiger partial charge < -0.3 is 5.32 Å². The summed E-state index contributed by atoms with van der Waals surface area (Å²) in [5.74, 6) is 0.828. The maximum absolute atomic E-state index is 13.3. The fraction of sp³-hybridized carbons (Fsp3) is 0.647. The van der Waals surface area contributed by atoms with Crippen LogP contribution in [-0.2, 0) is 0 Å². The maximum Gasteiger partial charge on any atom is 0.123 e. The number of hydrogen-bond donors (Lipinski definition) is 1. The van der Waals surface area contributed by atoms with Gasteiger partial charge in [-0.3, -0.25) is 4.90 Å². The average molecular weight is 313 g/mol. The van der Waals surface area contributed by atoms with Crippen LogP contribution in [0.25, 0.3) is 0 Å². The molecule has 118 valence electrons. The largest absolute Gasteiger partial charge is 0.314 e. The zero-order chi connectivity index (χ0) is 13.9. The van der Waals surface area contributed by atoms with Gasteiger partial charge in [0.25, 0.3) is 0 Å². The number of piperidine rings is 1. The summed E-state index contributed by atoms with van der Waals surface area (Å²) in [5, 5.41) is 3.71. The SMILES string of the molecule is CC(c1cccc(F)c1)N1CCC(NCC2CC2)CC1.Cl. The molecule has 1 unspecified atom stereocenters. The summed E-state index contributed by atoms with van der Waals surface area (Å²) in [7, 11) is 0. The van der Waals surface area contributed by atoms with Crippen molar-refractivity contribution in [2.45, 2.75) is 44.7 Å². The molecule has 1 heterocycles. The van der Waals surface area contributed by atoms with Crippen molar-refractivity contribution in [2.24, 2.45) is 5.92 Å². The topological polar surface area (TPSA) is 15.3 Å². The Balaban J connectivity index is 0.00000161. The number of halogens is 2. The molecule has 0 radical (unpaired) electrons. The Morgan fingerprint density at radius 1 is 1.24 bits per heavy atom. The van der Waals surface area contributed by atoms with E-state index in [0.717, 1.165) is 24.6 Å². The van der Waals surface area contributed by atoms with Gasteiger partial charge in [0.1, 0.15) is 5.82 Å². The van der Waals surface area contributed by atoms with Crippen LogP contribution in [0.3, 0.4) is 0 Å². The van der Waals surface area contributed by atoms with E-state index in [1.165, 1.54) is 38.3 Å². The first-order valence-corrected chi connectivity index (χ1v) is 7.95. The van der Waals surface area contributed by atoms with Crippen molar-refractivity contribution in [3.63, 3.8) is 0 Å². The number of likely N-dealkylation sites (tertiary alicyclic amines) is 1. The Morgan fingerprint density at radius 3 is 2.57 bits per heavy atom. The van der Waals surface area contributed by atoms with Crippen molar-refractivity contribution in [2.75, 3.05) is 19.6 Å². The Labute approximate surface area is 133 Å². The molecule has 1 atom stereocenters. The molecule has 1 aliphatic heterocycles. The molecule has 0 amide bonds. The van der Waals surface area contributed by atoms with Gasteiger partial charge in [0, 0.05) is 25.2 Å². The minimum Gasteiger partial charge on any atom is -0.314 e. The molecule has 1 aromatic rings. The third kappa shape index (κ3) is 4.67. The lowest BCUT2D eigenvalue weighted by atomic mass is 10.00. The molecule has 2 nitrogen and oxygen atoms in total. The maximum atomic E-state index is 13.3. The van der Waals surface area contributed by atoms with E-state index in [2.05, 4.69) is 17.1 Å². The van der Waals surface area contributed by atoms with Gasteiger partial charge in [0.05, 0.1) is 0 Å². The number of nitrogens with zero attached hydrogens (tertiary/aromatic N) is 1. The van der Waals surface area contributed by atoms with Crippen molar-refractivity contribution in [3.8, 4) is 0 Å². The third-order valence-electron chi connectivity index (χ3n) is 4.80. The summed E-state index contributed by atoms with van der Waals surface area (Å²) in [5.41, 5.74) is 1.09. The van der Waals surface area contributed by atoms with E-state index in [1.54, 1.807) is 6.07 Å². The van der Waals surface area contributed by atoms with Gasteiger partial charge in [-0.15, -0.1) is 12.4 Å². The van der Waals surface area contributed by atoms with Crippen LogP contribution in [0.4, 0.5) is 4.39 Å². The lowest BCUT2D eigenvalue weighted by molar-refractivity contribution is 0.152. The third-order valence-corrected chi connectivity index (χ3v) is 4.80. The standard InChI is InChI=1S/C17H25FN2.ClH/c1-13(15-3-2-4-16(18)11-15)20-9-7-17(8-10-20)19-12-14-5-6-14;/h2-4,11,13-14,17,19H,5-10,12H2,1H3;1H. The second kappa shape index (κ2) is 7.57. The van der Waals surface area contributed by atoms with E-state index in [4.69, 9.17) is 0 Å². The Morgan fingerprint density at radius 2 is 1.95 bits per heavy atom. The van der Waals surface area contributed by atoms with Crippen LogP contribution in [0.15, 0.2) is 24.3 Å². The summed E-state index contributed by atoms with van der Waals surface area (Å²) in [6, 6.07) is 8.03. The molecule has 2 aliphatic rings. The van der Waals surface area contributed by atoms with E-state index in [-0.39, 0.29) is 18.2 Å². The van der Waals surface area contributed by atoms with E-state index >= 15 is 0 Å². The van der Waals surface area contributed by atoms with Gasteiger partial charge in [-0.05, 0) is 62.8 Å². The number of rotatable bonds is 5. The molecule has 0 aromatic heterocycles. The molecule has 0 bridgehead atoms. The molecule has 1 aromatic carbocycles. The molecule has 21 heavy (non-hydrogen) atoms. The highest BCUT2D eigenvalue weighted by Gasteiger charge is 2.26. The first kappa shape index (κ1) is 16.7. The number of hydrogen-bond acceptors (Lipinski definition) is 2. The Hall–Kier alpha value is -0.640. The summed E-state index contributed by atoms with van der Waals surface area (Å²) < 4.78 is 13.3. The molecular weight excluding hydrogens is 287 g/mol. The van der Waals surface area contributed by atoms with Crippen molar-refractivity contribution >= 4 is 12.4 Å². The van der Waals surface area contributed by atoms with Crippen molar-refractivity contribution < 1.29 is 4.39 Å². The zero-order valence-corrected chi connectivity index (χ0v) is 13.5. The average Bonchev–Trinajstić information content (AvgIpc) is 3.29. The highest BCUT2D eigenvalue weighted by atomic mass is 35.5. The quantitative estimate of drug-likeness (QED) is 0.890. The van der Waals surface area contributed by atoms with Crippen LogP contribution in [-0.4, -0.2) is 30.6 Å². The first-order chi connectivity index (χ1) is 9.72. The normalized spacial score (nSPS) is 21.8. The molecule has 4 heteroatoms. The molecular formula is C17H26ClFN2. The van der Waals surface area contributed by atoms with Crippen LogP contribution < -0.4 is 5.32 Å². The van der Waals surface area contributed by atoms with E-state index in [9.17, 15) is 4.39 Å². The fourth-order valence-corrected chi connectivity index (χ4v) is 3.12. The Kier molecular flexibility index (Phi) is 6.03. The van der Waals surface area contributed by atoms with Gasteiger partial charge in [-0.1, -0.05) is 12.1 Å². The lowest BCUT2D eigenvalue weighted by Crippen LogP contribution is -2.43. The minimum absolute atomic E-state index is 0. The Bertz CT molecular complexity index is 442. The van der Waals surface area contributed by atoms with Crippen LogP contribution in [0.2, 0.25) is 0 Å². The zero-order valence-electron chi connectivity index (χ0n) is 12.7. The second-order valence-corrected chi connectivity index (χ2v) is 6.39. The van der Waals surface area contributed by atoms with Crippen LogP contribution in [0.1, 0.15) is 44.2 Å². The molecule has 1 N–H and O–H groups in total. The predicted octanol–water partition coefficient (Wildman–Crippen LogP) is 3.77. The monoisotopic (exact) mass is 312 g/mol. The van der Waals surface area contributed by atoms with Gasteiger partial charge in [-0.25, -0.2) is 4.39 Å². The molecule has 0 spiro atoms. The molecule has 2 fully saturated rings. The van der Waals surface area contributed by atoms with E-state index in [0.29, 0.717) is 12.1 Å². The van der Waals surface area contributed by atoms with Crippen molar-refractivity contribution in [1.29, 1.82) is 0 Å². The molecule has 1 aliphatic carbocycles. The van der Waals surface area contributed by atoms with Crippen LogP contribution in [0, 0.1) is 11.7 Å². The highest BCUT2D eigenvalue weighted by Crippen LogP contribution is 2.29. The summed E-state index contributed by atoms with van der Waals surface area (Å²) in [6.45, 7) is 5.62. The van der Waals surface area contributed by atoms with Crippen LogP contribution in [0.5, 0.6) is 0 Å².